The van der Waals surface area contributed by atoms with Crippen LogP contribution in [0.4, 0.5) is 14.5 Å². The minimum Gasteiger partial charge on any atom is -0.452 e. The summed E-state index contributed by atoms with van der Waals surface area (Å²) in [5.74, 6) is -3.62. The first kappa shape index (κ1) is 23.4. The maximum absolute atomic E-state index is 13.6. The lowest BCUT2D eigenvalue weighted by atomic mass is 10.2. The normalized spacial score (nSPS) is 11.0. The largest absolute Gasteiger partial charge is 0.452 e. The molecule has 10 heteroatoms. The number of benzene rings is 2. The molecule has 0 saturated carbocycles. The molecule has 0 aliphatic carbocycles. The monoisotopic (exact) mass is 479 g/mol. The van der Waals surface area contributed by atoms with E-state index in [0.29, 0.717) is 28.0 Å². The maximum atomic E-state index is 13.6. The average molecular weight is 480 g/mol. The molecule has 166 valence electrons. The van der Waals surface area contributed by atoms with Gasteiger partial charge in [-0.25, -0.2) is 18.3 Å². The molecule has 1 N–H and O–H groups in total. The van der Waals surface area contributed by atoms with Crippen molar-refractivity contribution in [3.8, 4) is 0 Å². The third-order valence-corrected chi connectivity index (χ3v) is 5.11. The van der Waals surface area contributed by atoms with Crippen LogP contribution < -0.4 is 5.32 Å². The number of nitrogens with one attached hydrogen (secondary N) is 1. The van der Waals surface area contributed by atoms with Gasteiger partial charge in [0.05, 0.1) is 12.2 Å². The molecule has 0 saturated heterocycles. The highest BCUT2D eigenvalue weighted by Crippen LogP contribution is 2.24. The van der Waals surface area contributed by atoms with Crippen molar-refractivity contribution in [3.05, 3.63) is 87.2 Å². The molecule has 0 unspecified atom stereocenters. The second kappa shape index (κ2) is 10.4. The Morgan fingerprint density at radius 1 is 1.12 bits per heavy atom. The van der Waals surface area contributed by atoms with Crippen molar-refractivity contribution in [1.29, 1.82) is 0 Å². The van der Waals surface area contributed by atoms with E-state index in [-0.39, 0.29) is 0 Å². The lowest BCUT2D eigenvalue weighted by Gasteiger charge is -2.07. The Labute approximate surface area is 192 Å². The molecule has 32 heavy (non-hydrogen) atoms. The Hall–Kier alpha value is -3.23. The average Bonchev–Trinajstić information content (AvgIpc) is 3.02. The van der Waals surface area contributed by atoms with Crippen LogP contribution in [0.15, 0.2) is 48.5 Å². The molecule has 3 aromatic rings. The Balaban J connectivity index is 1.60. The van der Waals surface area contributed by atoms with E-state index in [0.717, 1.165) is 29.8 Å². The highest BCUT2D eigenvalue weighted by Gasteiger charge is 2.15. The van der Waals surface area contributed by atoms with Crippen molar-refractivity contribution < 1.29 is 23.1 Å². The van der Waals surface area contributed by atoms with Crippen molar-refractivity contribution in [2.45, 2.75) is 13.5 Å². The van der Waals surface area contributed by atoms with Gasteiger partial charge in [0.25, 0.3) is 5.91 Å². The summed E-state index contributed by atoms with van der Waals surface area (Å²) in [6, 6.07) is 10.4. The number of esters is 1. The van der Waals surface area contributed by atoms with Gasteiger partial charge in [-0.1, -0.05) is 47.5 Å². The minimum absolute atomic E-state index is 0.291. The summed E-state index contributed by atoms with van der Waals surface area (Å²) in [6.07, 6.45) is 2.48. The van der Waals surface area contributed by atoms with Crippen LogP contribution in [0, 0.1) is 18.6 Å². The third-order valence-electron chi connectivity index (χ3n) is 4.35. The molecule has 0 spiro atoms. The SMILES string of the molecule is Cc1nn(Cc2ccccc2Cl)c(Cl)c1/C=C/C(=O)OCC(=O)Nc1c(F)cccc1F. The molecule has 0 aliphatic rings. The highest BCUT2D eigenvalue weighted by atomic mass is 35.5. The van der Waals surface area contributed by atoms with Gasteiger partial charge in [-0.3, -0.25) is 4.79 Å². The first-order chi connectivity index (χ1) is 15.3. The van der Waals surface area contributed by atoms with Crippen LogP contribution in [0.5, 0.6) is 0 Å². The van der Waals surface area contributed by atoms with Crippen LogP contribution in [-0.2, 0) is 20.9 Å². The van der Waals surface area contributed by atoms with E-state index in [4.69, 9.17) is 27.9 Å². The topological polar surface area (TPSA) is 73.2 Å². The summed E-state index contributed by atoms with van der Waals surface area (Å²) in [6.45, 7) is 1.33. The number of anilines is 1. The summed E-state index contributed by atoms with van der Waals surface area (Å²) in [5.41, 5.74) is 1.27. The lowest BCUT2D eigenvalue weighted by molar-refractivity contribution is -0.142. The van der Waals surface area contributed by atoms with Gasteiger partial charge in [0.2, 0.25) is 0 Å². The van der Waals surface area contributed by atoms with E-state index in [2.05, 4.69) is 5.10 Å². The predicted molar refractivity (Wildman–Crippen MR) is 118 cm³/mol. The van der Waals surface area contributed by atoms with Gasteiger partial charge in [-0.15, -0.1) is 0 Å². The number of halogens is 4. The van der Waals surface area contributed by atoms with E-state index < -0.39 is 35.8 Å². The number of rotatable bonds is 7. The molecule has 0 atom stereocenters. The lowest BCUT2D eigenvalue weighted by Crippen LogP contribution is -2.21. The molecular weight excluding hydrogens is 463 g/mol. The first-order valence-electron chi connectivity index (χ1n) is 9.31. The van der Waals surface area contributed by atoms with E-state index in [1.54, 1.807) is 17.7 Å². The van der Waals surface area contributed by atoms with E-state index >= 15 is 0 Å². The van der Waals surface area contributed by atoms with Gasteiger partial charge in [0, 0.05) is 16.7 Å². The number of aromatic nitrogens is 2. The quantitative estimate of drug-likeness (QED) is 0.381. The number of para-hydroxylation sites is 1. The second-order valence-electron chi connectivity index (χ2n) is 6.62. The van der Waals surface area contributed by atoms with Gasteiger partial charge in [0.15, 0.2) is 6.61 Å². The van der Waals surface area contributed by atoms with Gasteiger partial charge < -0.3 is 10.1 Å². The number of nitrogens with zero attached hydrogens (tertiary/aromatic N) is 2. The van der Waals surface area contributed by atoms with Crippen molar-refractivity contribution >= 4 is 46.8 Å². The molecule has 0 fully saturated rings. The van der Waals surface area contributed by atoms with Crippen LogP contribution in [0.25, 0.3) is 6.08 Å². The van der Waals surface area contributed by atoms with Crippen LogP contribution in [0.1, 0.15) is 16.8 Å². The molecule has 2 aromatic carbocycles. The summed E-state index contributed by atoms with van der Waals surface area (Å²) >= 11 is 12.6. The predicted octanol–water partition coefficient (Wildman–Crippen LogP) is 5.02. The number of carbonyl (C=O) groups excluding carboxylic acids is 2. The summed E-state index contributed by atoms with van der Waals surface area (Å²) in [4.78, 5) is 23.8. The molecule has 1 aromatic heterocycles. The summed E-state index contributed by atoms with van der Waals surface area (Å²) in [7, 11) is 0. The van der Waals surface area contributed by atoms with Crippen molar-refractivity contribution in [2.24, 2.45) is 0 Å². The first-order valence-corrected chi connectivity index (χ1v) is 10.1. The molecule has 1 amide bonds. The zero-order valence-electron chi connectivity index (χ0n) is 16.7. The number of ether oxygens (including phenoxy) is 1. The van der Waals surface area contributed by atoms with Crippen molar-refractivity contribution in [3.63, 3.8) is 0 Å². The highest BCUT2D eigenvalue weighted by molar-refractivity contribution is 6.32. The van der Waals surface area contributed by atoms with Gasteiger partial charge in [-0.2, -0.15) is 5.10 Å². The van der Waals surface area contributed by atoms with Crippen molar-refractivity contribution in [1.82, 2.24) is 9.78 Å². The number of hydrogen-bond donors (Lipinski definition) is 1. The number of hydrogen-bond acceptors (Lipinski definition) is 4. The maximum Gasteiger partial charge on any atom is 0.331 e. The van der Waals surface area contributed by atoms with E-state index in [1.165, 1.54) is 6.08 Å². The van der Waals surface area contributed by atoms with E-state index in [1.807, 2.05) is 23.5 Å². The number of carbonyl (C=O) groups is 2. The molecule has 0 radical (unpaired) electrons. The minimum atomic E-state index is -0.941. The zero-order chi connectivity index (χ0) is 23.3. The molecule has 1 heterocycles. The molecular formula is C22H17Cl2F2N3O3. The zero-order valence-corrected chi connectivity index (χ0v) is 18.3. The van der Waals surface area contributed by atoms with Gasteiger partial charge >= 0.3 is 5.97 Å². The van der Waals surface area contributed by atoms with Crippen LogP contribution in [0.2, 0.25) is 10.2 Å². The number of aryl methyl sites for hydroxylation is 1. The second-order valence-corrected chi connectivity index (χ2v) is 7.39. The van der Waals surface area contributed by atoms with Crippen LogP contribution in [-0.4, -0.2) is 28.3 Å². The van der Waals surface area contributed by atoms with Crippen molar-refractivity contribution in [2.75, 3.05) is 11.9 Å². The Morgan fingerprint density at radius 3 is 2.50 bits per heavy atom. The fourth-order valence-electron chi connectivity index (χ4n) is 2.78. The fourth-order valence-corrected chi connectivity index (χ4v) is 3.27. The standard InChI is InChI=1S/C22H17Cl2F2N3O3/c1-13-15(22(24)29(28-13)11-14-5-2-3-6-16(14)23)9-10-20(31)32-12-19(30)27-21-17(25)7-4-8-18(21)26/h2-10H,11-12H2,1H3,(H,27,30)/b10-9+. The third kappa shape index (κ3) is 5.72. The summed E-state index contributed by atoms with van der Waals surface area (Å²) < 4.78 is 33.5. The molecule has 0 aliphatic heterocycles. The fraction of sp³-hybridized carbons (Fsp3) is 0.136. The molecule has 6 nitrogen and oxygen atoms in total. The van der Waals surface area contributed by atoms with Gasteiger partial charge in [0.1, 0.15) is 22.5 Å². The van der Waals surface area contributed by atoms with E-state index in [9.17, 15) is 18.4 Å². The Bertz CT molecular complexity index is 1170. The molecule has 3 rings (SSSR count). The molecule has 0 bridgehead atoms. The summed E-state index contributed by atoms with van der Waals surface area (Å²) in [5, 5.41) is 7.24. The number of amides is 1. The van der Waals surface area contributed by atoms with Gasteiger partial charge in [-0.05, 0) is 36.8 Å². The smallest absolute Gasteiger partial charge is 0.331 e. The van der Waals surface area contributed by atoms with Crippen LogP contribution >= 0.6 is 23.2 Å². The van der Waals surface area contributed by atoms with Crippen LogP contribution in [0.3, 0.4) is 0 Å². The Kier molecular flexibility index (Phi) is 7.61. The Morgan fingerprint density at radius 2 is 1.81 bits per heavy atom.